The van der Waals surface area contributed by atoms with E-state index in [2.05, 4.69) is 16.3 Å². The third-order valence-electron chi connectivity index (χ3n) is 4.04. The van der Waals surface area contributed by atoms with Crippen molar-refractivity contribution in [2.24, 2.45) is 5.84 Å². The SMILES string of the molecule is NNC1=C(C(=O)O)C(=C2CNNC2)CC=C1c1ccccc1O. The fraction of sp³-hybridized carbons (Fsp3) is 0.188. The molecule has 0 amide bonds. The first-order chi connectivity index (χ1) is 11.1. The molecule has 1 aromatic rings. The molecule has 23 heavy (non-hydrogen) atoms. The van der Waals surface area contributed by atoms with Crippen LogP contribution < -0.4 is 22.1 Å². The molecule has 1 fully saturated rings. The second-order valence-corrected chi connectivity index (χ2v) is 5.33. The van der Waals surface area contributed by atoms with Crippen LogP contribution in [0.5, 0.6) is 5.75 Å². The Hall–Kier alpha value is -2.61. The van der Waals surface area contributed by atoms with Gasteiger partial charge in [0.2, 0.25) is 0 Å². The highest BCUT2D eigenvalue weighted by Crippen LogP contribution is 2.38. The van der Waals surface area contributed by atoms with Gasteiger partial charge >= 0.3 is 5.97 Å². The highest BCUT2D eigenvalue weighted by molar-refractivity contribution is 6.00. The van der Waals surface area contributed by atoms with Crippen molar-refractivity contribution in [1.82, 2.24) is 16.3 Å². The number of aromatic hydroxyl groups is 1. The number of nitrogens with one attached hydrogen (secondary N) is 3. The van der Waals surface area contributed by atoms with Gasteiger partial charge in [0.05, 0.1) is 11.3 Å². The molecule has 120 valence electrons. The second kappa shape index (κ2) is 6.25. The number of carboxylic acids is 1. The summed E-state index contributed by atoms with van der Waals surface area (Å²) in [5.41, 5.74) is 11.8. The third kappa shape index (κ3) is 2.72. The maximum absolute atomic E-state index is 11.8. The standard InChI is InChI=1S/C16H18N4O3/c17-20-15-12(11-3-1-2-4-13(11)21)6-5-10(14(15)16(22)23)9-7-18-19-8-9/h1-4,6,18-21H,5,7-8,17H2,(H,22,23). The molecule has 0 saturated carbocycles. The van der Waals surface area contributed by atoms with Gasteiger partial charge in [-0.2, -0.15) is 0 Å². The van der Waals surface area contributed by atoms with Crippen LogP contribution in [0.4, 0.5) is 0 Å². The third-order valence-corrected chi connectivity index (χ3v) is 4.04. The number of allylic oxidation sites excluding steroid dienone is 2. The number of phenolic OH excluding ortho intramolecular Hbond substituents is 1. The summed E-state index contributed by atoms with van der Waals surface area (Å²) in [6.07, 6.45) is 2.35. The van der Waals surface area contributed by atoms with Crippen molar-refractivity contribution in [2.75, 3.05) is 13.1 Å². The van der Waals surface area contributed by atoms with Crippen LogP contribution in [0.25, 0.3) is 5.57 Å². The van der Waals surface area contributed by atoms with E-state index in [9.17, 15) is 15.0 Å². The summed E-state index contributed by atoms with van der Waals surface area (Å²) in [5.74, 6) is 4.65. The van der Waals surface area contributed by atoms with Crippen molar-refractivity contribution in [2.45, 2.75) is 6.42 Å². The van der Waals surface area contributed by atoms with Crippen molar-refractivity contribution in [3.8, 4) is 5.75 Å². The van der Waals surface area contributed by atoms with Crippen molar-refractivity contribution in [1.29, 1.82) is 0 Å². The smallest absolute Gasteiger partial charge is 0.338 e. The Kier molecular flexibility index (Phi) is 4.16. The van der Waals surface area contributed by atoms with Crippen LogP contribution in [0.1, 0.15) is 12.0 Å². The summed E-state index contributed by atoms with van der Waals surface area (Å²) in [5, 5.41) is 19.8. The highest BCUT2D eigenvalue weighted by atomic mass is 16.4. The molecular formula is C16H18N4O3. The number of nitrogens with two attached hydrogens (primary N) is 1. The molecule has 1 aliphatic heterocycles. The number of carbonyl (C=O) groups is 1. The fourth-order valence-corrected chi connectivity index (χ4v) is 2.96. The Morgan fingerprint density at radius 2 is 1.91 bits per heavy atom. The second-order valence-electron chi connectivity index (χ2n) is 5.33. The van der Waals surface area contributed by atoms with Crippen molar-refractivity contribution in [3.05, 3.63) is 58.3 Å². The van der Waals surface area contributed by atoms with E-state index in [1.807, 2.05) is 6.08 Å². The highest BCUT2D eigenvalue weighted by Gasteiger charge is 2.29. The Morgan fingerprint density at radius 3 is 2.52 bits per heavy atom. The van der Waals surface area contributed by atoms with Gasteiger partial charge < -0.3 is 15.6 Å². The molecule has 7 nitrogen and oxygen atoms in total. The van der Waals surface area contributed by atoms with Crippen LogP contribution in [-0.4, -0.2) is 29.3 Å². The van der Waals surface area contributed by atoms with Gasteiger partial charge in [-0.3, -0.25) is 16.7 Å². The summed E-state index contributed by atoms with van der Waals surface area (Å²) in [4.78, 5) is 11.8. The summed E-state index contributed by atoms with van der Waals surface area (Å²) in [6, 6.07) is 6.78. The lowest BCUT2D eigenvalue weighted by Crippen LogP contribution is -2.28. The van der Waals surface area contributed by atoms with E-state index in [1.165, 1.54) is 0 Å². The molecular weight excluding hydrogens is 296 g/mol. The number of hydrogen-bond acceptors (Lipinski definition) is 6. The molecule has 0 bridgehead atoms. The molecule has 0 radical (unpaired) electrons. The number of hydrogen-bond donors (Lipinski definition) is 6. The average Bonchev–Trinajstić information content (AvgIpc) is 3.08. The van der Waals surface area contributed by atoms with E-state index in [0.717, 1.165) is 11.1 Å². The molecule has 0 unspecified atom stereocenters. The quantitative estimate of drug-likeness (QED) is 0.353. The van der Waals surface area contributed by atoms with E-state index in [4.69, 9.17) is 5.84 Å². The van der Waals surface area contributed by atoms with Gasteiger partial charge in [-0.1, -0.05) is 24.3 Å². The molecule has 1 saturated heterocycles. The van der Waals surface area contributed by atoms with E-state index < -0.39 is 5.97 Å². The Morgan fingerprint density at radius 1 is 1.22 bits per heavy atom. The largest absolute Gasteiger partial charge is 0.507 e. The molecule has 7 heteroatoms. The summed E-state index contributed by atoms with van der Waals surface area (Å²) < 4.78 is 0. The van der Waals surface area contributed by atoms with Gasteiger partial charge in [0.25, 0.3) is 0 Å². The Balaban J connectivity index is 2.17. The van der Waals surface area contributed by atoms with Gasteiger partial charge in [0.1, 0.15) is 5.75 Å². The fourth-order valence-electron chi connectivity index (χ4n) is 2.96. The van der Waals surface area contributed by atoms with Crippen LogP contribution in [0.15, 0.2) is 52.8 Å². The zero-order chi connectivity index (χ0) is 16.4. The Bertz CT molecular complexity index is 741. The maximum atomic E-state index is 11.8. The van der Waals surface area contributed by atoms with E-state index in [1.54, 1.807) is 24.3 Å². The lowest BCUT2D eigenvalue weighted by Gasteiger charge is -2.23. The number of hydrazine groups is 2. The summed E-state index contributed by atoms with van der Waals surface area (Å²) in [6.45, 7) is 1.17. The van der Waals surface area contributed by atoms with E-state index in [-0.39, 0.29) is 11.3 Å². The molecule has 0 spiro atoms. The van der Waals surface area contributed by atoms with Crippen LogP contribution in [-0.2, 0) is 4.79 Å². The predicted octanol–water partition coefficient (Wildman–Crippen LogP) is 0.386. The van der Waals surface area contributed by atoms with Crippen molar-refractivity contribution >= 4 is 11.5 Å². The zero-order valence-electron chi connectivity index (χ0n) is 12.4. The maximum Gasteiger partial charge on any atom is 0.338 e. The molecule has 3 rings (SSSR count). The first kappa shape index (κ1) is 15.3. The number of phenols is 1. The van der Waals surface area contributed by atoms with Crippen LogP contribution in [0, 0.1) is 0 Å². The normalized spacial score (nSPS) is 18.2. The molecule has 0 atom stereocenters. The molecule has 2 aliphatic rings. The number of para-hydroxylation sites is 1. The average molecular weight is 314 g/mol. The van der Waals surface area contributed by atoms with Gasteiger partial charge in [-0.25, -0.2) is 4.79 Å². The first-order valence-corrected chi connectivity index (χ1v) is 7.23. The number of rotatable bonds is 3. The minimum absolute atomic E-state index is 0.0801. The van der Waals surface area contributed by atoms with Gasteiger partial charge in [-0.15, -0.1) is 0 Å². The number of carboxylic acid groups (broad SMARTS) is 1. The van der Waals surface area contributed by atoms with E-state index in [0.29, 0.717) is 36.3 Å². The van der Waals surface area contributed by atoms with Gasteiger partial charge in [0, 0.05) is 24.2 Å². The van der Waals surface area contributed by atoms with Crippen LogP contribution >= 0.6 is 0 Å². The molecule has 0 aromatic heterocycles. The van der Waals surface area contributed by atoms with Crippen LogP contribution in [0.3, 0.4) is 0 Å². The van der Waals surface area contributed by atoms with Gasteiger partial charge in [0.15, 0.2) is 0 Å². The monoisotopic (exact) mass is 314 g/mol. The topological polar surface area (TPSA) is 120 Å². The molecule has 1 aliphatic carbocycles. The Labute approximate surface area is 133 Å². The minimum Gasteiger partial charge on any atom is -0.507 e. The number of aliphatic carboxylic acids is 1. The van der Waals surface area contributed by atoms with E-state index >= 15 is 0 Å². The minimum atomic E-state index is -1.05. The number of benzene rings is 1. The molecule has 7 N–H and O–H groups in total. The van der Waals surface area contributed by atoms with Gasteiger partial charge in [-0.05, 0) is 23.6 Å². The summed E-state index contributed by atoms with van der Waals surface area (Å²) in [7, 11) is 0. The predicted molar refractivity (Wildman–Crippen MR) is 85.7 cm³/mol. The first-order valence-electron chi connectivity index (χ1n) is 7.23. The molecule has 1 aromatic carbocycles. The summed E-state index contributed by atoms with van der Waals surface area (Å²) >= 11 is 0. The van der Waals surface area contributed by atoms with Crippen LogP contribution in [0.2, 0.25) is 0 Å². The van der Waals surface area contributed by atoms with Crippen molar-refractivity contribution < 1.29 is 15.0 Å². The molecule has 1 heterocycles. The van der Waals surface area contributed by atoms with Crippen molar-refractivity contribution in [3.63, 3.8) is 0 Å². The lowest BCUT2D eigenvalue weighted by molar-refractivity contribution is -0.132. The zero-order valence-corrected chi connectivity index (χ0v) is 12.4. The lowest BCUT2D eigenvalue weighted by atomic mass is 9.85.